The quantitative estimate of drug-likeness (QED) is 0.870. The van der Waals surface area contributed by atoms with Crippen LogP contribution in [0.25, 0.3) is 0 Å². The highest BCUT2D eigenvalue weighted by Crippen LogP contribution is 2.21. The van der Waals surface area contributed by atoms with Gasteiger partial charge in [-0.1, -0.05) is 18.2 Å². The van der Waals surface area contributed by atoms with Crippen molar-refractivity contribution < 1.29 is 13.9 Å². The molecule has 0 radical (unpaired) electrons. The van der Waals surface area contributed by atoms with Gasteiger partial charge in [-0.15, -0.1) is 0 Å². The minimum atomic E-state index is -0.307. The van der Waals surface area contributed by atoms with Crippen molar-refractivity contribution >= 4 is 21.8 Å². The van der Waals surface area contributed by atoms with E-state index in [1.54, 1.807) is 18.2 Å². The number of benzene rings is 2. The predicted molar refractivity (Wildman–Crippen MR) is 87.2 cm³/mol. The van der Waals surface area contributed by atoms with Crippen LogP contribution in [-0.4, -0.2) is 13.0 Å². The Kier molecular flexibility index (Phi) is 5.69. The summed E-state index contributed by atoms with van der Waals surface area (Å²) in [6.07, 6.45) is 0. The molecule has 2 aromatic carbocycles. The summed E-state index contributed by atoms with van der Waals surface area (Å²) in [6.45, 7) is 2.46. The average molecular weight is 366 g/mol. The maximum absolute atomic E-state index is 13.5. The molecular formula is C17H17BrFNO2. The molecule has 0 aliphatic rings. The summed E-state index contributed by atoms with van der Waals surface area (Å²) in [6, 6.07) is 10.3. The van der Waals surface area contributed by atoms with Gasteiger partial charge in [0.25, 0.3) is 5.91 Å². The number of rotatable bonds is 5. The summed E-state index contributed by atoms with van der Waals surface area (Å²) < 4.78 is 19.3. The SMILES string of the molecule is COCc1cc(CNC(=O)c2cccc(C)c2Br)ccc1F. The normalized spacial score (nSPS) is 10.5. The van der Waals surface area contributed by atoms with Crippen molar-refractivity contribution in [1.29, 1.82) is 0 Å². The van der Waals surface area contributed by atoms with Crippen molar-refractivity contribution in [3.8, 4) is 0 Å². The topological polar surface area (TPSA) is 38.3 Å². The molecule has 0 saturated heterocycles. The Morgan fingerprint density at radius 1 is 1.32 bits per heavy atom. The number of halogens is 2. The molecule has 5 heteroatoms. The molecule has 0 unspecified atom stereocenters. The Labute approximate surface area is 137 Å². The van der Waals surface area contributed by atoms with Crippen LogP contribution in [0.1, 0.15) is 27.0 Å². The van der Waals surface area contributed by atoms with Crippen LogP contribution in [0.4, 0.5) is 4.39 Å². The van der Waals surface area contributed by atoms with Gasteiger partial charge in [-0.2, -0.15) is 0 Å². The van der Waals surface area contributed by atoms with Gasteiger partial charge in [0.15, 0.2) is 0 Å². The van der Waals surface area contributed by atoms with Gasteiger partial charge in [-0.3, -0.25) is 4.79 Å². The van der Waals surface area contributed by atoms with E-state index in [0.29, 0.717) is 17.7 Å². The van der Waals surface area contributed by atoms with E-state index in [9.17, 15) is 9.18 Å². The van der Waals surface area contributed by atoms with Crippen LogP contribution < -0.4 is 5.32 Å². The first-order chi connectivity index (χ1) is 10.5. The number of aryl methyl sites for hydroxylation is 1. The first kappa shape index (κ1) is 16.6. The molecule has 0 heterocycles. The maximum atomic E-state index is 13.5. The Morgan fingerprint density at radius 2 is 2.09 bits per heavy atom. The minimum Gasteiger partial charge on any atom is -0.380 e. The van der Waals surface area contributed by atoms with Gasteiger partial charge in [0.2, 0.25) is 0 Å². The van der Waals surface area contributed by atoms with Crippen LogP contribution >= 0.6 is 15.9 Å². The highest BCUT2D eigenvalue weighted by atomic mass is 79.9. The molecule has 116 valence electrons. The maximum Gasteiger partial charge on any atom is 0.252 e. The number of hydrogen-bond donors (Lipinski definition) is 1. The highest BCUT2D eigenvalue weighted by molar-refractivity contribution is 9.10. The lowest BCUT2D eigenvalue weighted by Gasteiger charge is -2.10. The Morgan fingerprint density at radius 3 is 2.82 bits per heavy atom. The number of carbonyl (C=O) groups excluding carboxylic acids is 1. The summed E-state index contributed by atoms with van der Waals surface area (Å²) in [5, 5.41) is 2.84. The largest absolute Gasteiger partial charge is 0.380 e. The molecule has 0 bridgehead atoms. The molecule has 1 amide bonds. The molecule has 0 aliphatic carbocycles. The van der Waals surface area contributed by atoms with Gasteiger partial charge in [0, 0.05) is 23.7 Å². The first-order valence-electron chi connectivity index (χ1n) is 6.82. The molecule has 0 saturated carbocycles. The second-order valence-corrected chi connectivity index (χ2v) is 5.77. The number of ether oxygens (including phenoxy) is 1. The molecule has 0 aromatic heterocycles. The van der Waals surface area contributed by atoms with Gasteiger partial charge in [-0.05, 0) is 52.2 Å². The number of carbonyl (C=O) groups is 1. The van der Waals surface area contributed by atoms with Gasteiger partial charge >= 0.3 is 0 Å². The van der Waals surface area contributed by atoms with Gasteiger partial charge < -0.3 is 10.1 Å². The Bertz CT molecular complexity index is 688. The van der Waals surface area contributed by atoms with Crippen molar-refractivity contribution in [2.24, 2.45) is 0 Å². The number of nitrogens with one attached hydrogen (secondary N) is 1. The van der Waals surface area contributed by atoms with Crippen molar-refractivity contribution in [1.82, 2.24) is 5.32 Å². The van der Waals surface area contributed by atoms with Gasteiger partial charge in [0.1, 0.15) is 5.82 Å². The Hall–Kier alpha value is -1.72. The van der Waals surface area contributed by atoms with Crippen LogP contribution in [0.15, 0.2) is 40.9 Å². The van der Waals surface area contributed by atoms with Crippen molar-refractivity contribution in [3.63, 3.8) is 0 Å². The van der Waals surface area contributed by atoms with E-state index in [-0.39, 0.29) is 18.3 Å². The lowest BCUT2D eigenvalue weighted by Crippen LogP contribution is -2.23. The molecule has 3 nitrogen and oxygen atoms in total. The summed E-state index contributed by atoms with van der Waals surface area (Å²) in [7, 11) is 1.52. The predicted octanol–water partition coefficient (Wildman–Crippen LogP) is 3.97. The summed E-state index contributed by atoms with van der Waals surface area (Å²) in [5.41, 5.74) is 2.88. The molecule has 1 N–H and O–H groups in total. The second-order valence-electron chi connectivity index (χ2n) is 4.98. The molecule has 0 aliphatic heterocycles. The van der Waals surface area contributed by atoms with Crippen molar-refractivity contribution in [2.75, 3.05) is 7.11 Å². The lowest BCUT2D eigenvalue weighted by molar-refractivity contribution is 0.0950. The third-order valence-corrected chi connectivity index (χ3v) is 4.35. The first-order valence-corrected chi connectivity index (χ1v) is 7.61. The van der Waals surface area contributed by atoms with E-state index in [1.165, 1.54) is 13.2 Å². The molecule has 2 aromatic rings. The monoisotopic (exact) mass is 365 g/mol. The summed E-state index contributed by atoms with van der Waals surface area (Å²) in [5.74, 6) is -0.480. The standard InChI is InChI=1S/C17H17BrFNO2/c1-11-4-3-5-14(16(11)18)17(21)20-9-12-6-7-15(19)13(8-12)10-22-2/h3-8H,9-10H2,1-2H3,(H,20,21). The van der Waals surface area contributed by atoms with E-state index >= 15 is 0 Å². The van der Waals surface area contributed by atoms with E-state index in [2.05, 4.69) is 21.2 Å². The number of hydrogen-bond acceptors (Lipinski definition) is 2. The Balaban J connectivity index is 2.08. The molecule has 22 heavy (non-hydrogen) atoms. The summed E-state index contributed by atoms with van der Waals surface area (Å²) in [4.78, 5) is 12.2. The highest BCUT2D eigenvalue weighted by Gasteiger charge is 2.11. The number of methoxy groups -OCH3 is 1. The third-order valence-electron chi connectivity index (χ3n) is 3.30. The molecule has 0 spiro atoms. The smallest absolute Gasteiger partial charge is 0.252 e. The fourth-order valence-corrected chi connectivity index (χ4v) is 2.55. The molecule has 0 fully saturated rings. The zero-order chi connectivity index (χ0) is 16.1. The zero-order valence-corrected chi connectivity index (χ0v) is 14.0. The van der Waals surface area contributed by atoms with Gasteiger partial charge in [-0.25, -0.2) is 4.39 Å². The summed E-state index contributed by atoms with van der Waals surface area (Å²) >= 11 is 3.42. The molecular weight excluding hydrogens is 349 g/mol. The fraction of sp³-hybridized carbons (Fsp3) is 0.235. The van der Waals surface area contributed by atoms with Crippen molar-refractivity contribution in [3.05, 3.63) is 68.9 Å². The van der Waals surface area contributed by atoms with E-state index in [4.69, 9.17) is 4.74 Å². The third kappa shape index (κ3) is 3.93. The van der Waals surface area contributed by atoms with Crippen LogP contribution in [0.5, 0.6) is 0 Å². The van der Waals surface area contributed by atoms with Crippen LogP contribution in [0.3, 0.4) is 0 Å². The van der Waals surface area contributed by atoms with E-state index < -0.39 is 0 Å². The van der Waals surface area contributed by atoms with Crippen LogP contribution in [0, 0.1) is 12.7 Å². The van der Waals surface area contributed by atoms with E-state index in [0.717, 1.165) is 15.6 Å². The fourth-order valence-electron chi connectivity index (χ4n) is 2.10. The molecule has 0 atom stereocenters. The minimum absolute atomic E-state index is 0.173. The average Bonchev–Trinajstić information content (AvgIpc) is 2.50. The lowest BCUT2D eigenvalue weighted by atomic mass is 10.1. The van der Waals surface area contributed by atoms with Gasteiger partial charge in [0.05, 0.1) is 12.2 Å². The zero-order valence-electron chi connectivity index (χ0n) is 12.5. The second kappa shape index (κ2) is 7.51. The van der Waals surface area contributed by atoms with Crippen LogP contribution in [-0.2, 0) is 17.9 Å². The van der Waals surface area contributed by atoms with E-state index in [1.807, 2.05) is 19.1 Å². The van der Waals surface area contributed by atoms with Crippen molar-refractivity contribution in [2.45, 2.75) is 20.1 Å². The van der Waals surface area contributed by atoms with Crippen LogP contribution in [0.2, 0.25) is 0 Å². The number of amides is 1. The molecule has 2 rings (SSSR count).